The van der Waals surface area contributed by atoms with Gasteiger partial charge in [-0.15, -0.1) is 0 Å². The Morgan fingerprint density at radius 2 is 1.82 bits per heavy atom. The molecule has 3 N–H and O–H groups in total. The van der Waals surface area contributed by atoms with E-state index in [-0.39, 0.29) is 4.47 Å². The molecule has 1 rings (SSSR count). The highest BCUT2D eigenvalue weighted by Crippen LogP contribution is 2.24. The van der Waals surface area contributed by atoms with Crippen molar-refractivity contribution in [1.82, 2.24) is 0 Å². The molecule has 1 amide bonds. The van der Waals surface area contributed by atoms with Crippen LogP contribution in [-0.2, 0) is 4.79 Å². The van der Waals surface area contributed by atoms with Crippen molar-refractivity contribution >= 4 is 27.5 Å². The third-order valence-electron chi connectivity index (χ3n) is 2.46. The van der Waals surface area contributed by atoms with Gasteiger partial charge >= 0.3 is 0 Å². The van der Waals surface area contributed by atoms with Crippen LogP contribution in [-0.4, -0.2) is 11.9 Å². The van der Waals surface area contributed by atoms with Crippen LogP contribution in [0.5, 0.6) is 0 Å². The molecule has 0 aliphatic carbocycles. The average Bonchev–Trinajstić information content (AvgIpc) is 2.21. The molecule has 0 heterocycles. The molecule has 1 aromatic rings. The molecule has 0 saturated carbocycles. The molecule has 0 radical (unpaired) electrons. The van der Waals surface area contributed by atoms with Crippen LogP contribution in [0.4, 0.5) is 14.5 Å². The van der Waals surface area contributed by atoms with E-state index in [1.165, 1.54) is 0 Å². The fraction of sp³-hybridized carbons (Fsp3) is 0.364. The number of rotatable bonds is 3. The fourth-order valence-corrected chi connectivity index (χ4v) is 1.54. The second-order valence-corrected chi connectivity index (χ2v) is 4.80. The van der Waals surface area contributed by atoms with E-state index in [1.807, 2.05) is 0 Å². The van der Waals surface area contributed by atoms with E-state index in [1.54, 1.807) is 13.8 Å². The van der Waals surface area contributed by atoms with Crippen LogP contribution in [0.15, 0.2) is 16.6 Å². The molecular weight excluding hydrogens is 294 g/mol. The van der Waals surface area contributed by atoms with Crippen molar-refractivity contribution in [3.8, 4) is 0 Å². The van der Waals surface area contributed by atoms with Gasteiger partial charge in [-0.1, -0.05) is 22.9 Å². The molecule has 0 saturated heterocycles. The van der Waals surface area contributed by atoms with Gasteiger partial charge in [0.15, 0.2) is 11.6 Å². The van der Waals surface area contributed by atoms with Crippen molar-refractivity contribution in [2.24, 2.45) is 11.7 Å². The summed E-state index contributed by atoms with van der Waals surface area (Å²) in [6.45, 7) is 3.24. The molecule has 2 atom stereocenters. The van der Waals surface area contributed by atoms with Gasteiger partial charge in [0.05, 0.1) is 5.92 Å². The molecule has 0 aromatic heterocycles. The number of hydrogen-bond donors (Lipinski definition) is 2. The lowest BCUT2D eigenvalue weighted by Gasteiger charge is -2.16. The van der Waals surface area contributed by atoms with Gasteiger partial charge in [-0.25, -0.2) is 8.78 Å². The van der Waals surface area contributed by atoms with Crippen LogP contribution >= 0.6 is 15.9 Å². The molecule has 0 spiro atoms. The van der Waals surface area contributed by atoms with Crippen molar-refractivity contribution in [1.29, 1.82) is 0 Å². The minimum absolute atomic E-state index is 0.269. The highest BCUT2D eigenvalue weighted by molar-refractivity contribution is 9.10. The van der Waals surface area contributed by atoms with E-state index >= 15 is 0 Å². The summed E-state index contributed by atoms with van der Waals surface area (Å²) in [5.74, 6) is -2.71. The Morgan fingerprint density at radius 3 is 2.24 bits per heavy atom. The number of hydrogen-bond acceptors (Lipinski definition) is 2. The van der Waals surface area contributed by atoms with Gasteiger partial charge in [-0.2, -0.15) is 0 Å². The van der Waals surface area contributed by atoms with Gasteiger partial charge in [0.1, 0.15) is 5.69 Å². The molecule has 2 unspecified atom stereocenters. The summed E-state index contributed by atoms with van der Waals surface area (Å²) in [6, 6.07) is 1.77. The first-order chi connectivity index (χ1) is 7.82. The van der Waals surface area contributed by atoms with Crippen LogP contribution in [0.2, 0.25) is 0 Å². The second kappa shape index (κ2) is 5.55. The molecule has 3 nitrogen and oxygen atoms in total. The number of nitrogens with one attached hydrogen (secondary N) is 1. The predicted octanol–water partition coefficient (Wildman–Crippen LogP) is 2.65. The monoisotopic (exact) mass is 306 g/mol. The highest BCUT2D eigenvalue weighted by Gasteiger charge is 2.20. The molecular formula is C11H13BrF2N2O. The minimum Gasteiger partial charge on any atom is -0.327 e. The smallest absolute Gasteiger partial charge is 0.228 e. The average molecular weight is 307 g/mol. The van der Waals surface area contributed by atoms with Gasteiger partial charge in [-0.3, -0.25) is 4.79 Å². The first-order valence-corrected chi connectivity index (χ1v) is 5.83. The molecule has 0 aliphatic rings. The minimum atomic E-state index is -0.831. The maximum Gasteiger partial charge on any atom is 0.228 e. The Kier molecular flexibility index (Phi) is 4.59. The summed E-state index contributed by atoms with van der Waals surface area (Å²) in [4.78, 5) is 11.6. The molecule has 1 aromatic carbocycles. The molecule has 6 heteroatoms. The standard InChI is InChI=1S/C11H13BrF2N2O/c1-5(6(2)15)11(17)16-10-8(13)3-7(12)4-9(10)14/h3-6H,15H2,1-2H3,(H,16,17). The number of carbonyl (C=O) groups excluding carboxylic acids is 1. The SMILES string of the molecule is CC(N)C(C)C(=O)Nc1c(F)cc(Br)cc1F. The summed E-state index contributed by atoms with van der Waals surface area (Å²) in [7, 11) is 0. The van der Waals surface area contributed by atoms with E-state index in [4.69, 9.17) is 5.73 Å². The number of benzene rings is 1. The Hall–Kier alpha value is -1.01. The Labute approximate surface area is 107 Å². The van der Waals surface area contributed by atoms with Crippen molar-refractivity contribution < 1.29 is 13.6 Å². The van der Waals surface area contributed by atoms with Gasteiger partial charge in [0, 0.05) is 10.5 Å². The molecule has 0 aliphatic heterocycles. The van der Waals surface area contributed by atoms with Crippen molar-refractivity contribution in [2.45, 2.75) is 19.9 Å². The van der Waals surface area contributed by atoms with Crippen LogP contribution in [0.3, 0.4) is 0 Å². The maximum absolute atomic E-state index is 13.4. The summed E-state index contributed by atoms with van der Waals surface area (Å²) in [5.41, 5.74) is 5.08. The van der Waals surface area contributed by atoms with Crippen molar-refractivity contribution in [3.63, 3.8) is 0 Å². The molecule has 94 valence electrons. The maximum atomic E-state index is 13.4. The zero-order chi connectivity index (χ0) is 13.2. The predicted molar refractivity (Wildman–Crippen MR) is 65.5 cm³/mol. The topological polar surface area (TPSA) is 55.1 Å². The third kappa shape index (κ3) is 3.47. The van der Waals surface area contributed by atoms with Crippen LogP contribution in [0.1, 0.15) is 13.8 Å². The Balaban J connectivity index is 2.93. The first kappa shape index (κ1) is 14.1. The third-order valence-corrected chi connectivity index (χ3v) is 2.92. The lowest BCUT2D eigenvalue weighted by molar-refractivity contribution is -0.119. The summed E-state index contributed by atoms with van der Waals surface area (Å²) < 4.78 is 27.1. The highest BCUT2D eigenvalue weighted by atomic mass is 79.9. The second-order valence-electron chi connectivity index (χ2n) is 3.88. The zero-order valence-corrected chi connectivity index (χ0v) is 11.0. The van der Waals surface area contributed by atoms with Gasteiger partial charge < -0.3 is 11.1 Å². The first-order valence-electron chi connectivity index (χ1n) is 5.04. The normalized spacial score (nSPS) is 14.2. The largest absolute Gasteiger partial charge is 0.327 e. The van der Waals surface area contributed by atoms with Crippen LogP contribution < -0.4 is 11.1 Å². The number of nitrogens with two attached hydrogens (primary N) is 1. The number of carbonyl (C=O) groups is 1. The van der Waals surface area contributed by atoms with Crippen LogP contribution in [0, 0.1) is 17.6 Å². The van der Waals surface area contributed by atoms with Gasteiger partial charge in [0.25, 0.3) is 0 Å². The zero-order valence-electron chi connectivity index (χ0n) is 9.43. The van der Waals surface area contributed by atoms with Crippen LogP contribution in [0.25, 0.3) is 0 Å². The quantitative estimate of drug-likeness (QED) is 0.902. The molecule has 0 bridgehead atoms. The number of anilines is 1. The van der Waals surface area contributed by atoms with E-state index < -0.39 is 35.2 Å². The fourth-order valence-electron chi connectivity index (χ4n) is 1.14. The van der Waals surface area contributed by atoms with E-state index in [0.29, 0.717) is 0 Å². The number of halogens is 3. The van der Waals surface area contributed by atoms with E-state index in [9.17, 15) is 13.6 Å². The number of amides is 1. The molecule has 17 heavy (non-hydrogen) atoms. The van der Waals surface area contributed by atoms with Crippen molar-refractivity contribution in [2.75, 3.05) is 5.32 Å². The van der Waals surface area contributed by atoms with E-state index in [2.05, 4.69) is 21.2 Å². The van der Waals surface area contributed by atoms with E-state index in [0.717, 1.165) is 12.1 Å². The molecule has 0 fully saturated rings. The van der Waals surface area contributed by atoms with Gasteiger partial charge in [0.2, 0.25) is 5.91 Å². The summed E-state index contributed by atoms with van der Waals surface area (Å²) in [6.07, 6.45) is 0. The lowest BCUT2D eigenvalue weighted by Crippen LogP contribution is -2.34. The Morgan fingerprint density at radius 1 is 1.35 bits per heavy atom. The summed E-state index contributed by atoms with van der Waals surface area (Å²) in [5, 5.41) is 2.20. The summed E-state index contributed by atoms with van der Waals surface area (Å²) >= 11 is 2.95. The van der Waals surface area contributed by atoms with Gasteiger partial charge in [-0.05, 0) is 19.1 Å². The van der Waals surface area contributed by atoms with Crippen molar-refractivity contribution in [3.05, 3.63) is 28.2 Å². The Bertz CT molecular complexity index is 414. The lowest BCUT2D eigenvalue weighted by atomic mass is 10.0.